The third kappa shape index (κ3) is 26.2. The van der Waals surface area contributed by atoms with Crippen molar-refractivity contribution < 1.29 is 23.9 Å². The minimum Gasteiger partial charge on any atom is -0.493 e. The first-order valence-electron chi connectivity index (χ1n) is 38.2. The summed E-state index contributed by atoms with van der Waals surface area (Å²) in [5.41, 5.74) is 17.5. The van der Waals surface area contributed by atoms with Gasteiger partial charge in [0.05, 0.1) is 24.4 Å². The molecule has 2 heterocycles. The first-order chi connectivity index (χ1) is 53.6. The lowest BCUT2D eigenvalue weighted by Gasteiger charge is -2.16. The van der Waals surface area contributed by atoms with Gasteiger partial charge in [0.2, 0.25) is 0 Å². The number of allylic oxidation sites excluding steroid dienone is 6. The summed E-state index contributed by atoms with van der Waals surface area (Å²) in [6, 6.07) is 102. The lowest BCUT2D eigenvalue weighted by Crippen LogP contribution is -2.11. The lowest BCUT2D eigenvalue weighted by atomic mass is 9.94. The number of hydrogen-bond acceptors (Lipinski definition) is 6. The zero-order chi connectivity index (χ0) is 75.9. The second kappa shape index (κ2) is 43.8. The summed E-state index contributed by atoms with van der Waals surface area (Å²) >= 11 is 0. The largest absolute Gasteiger partial charge is 0.493 e. The molecule has 0 bridgehead atoms. The average Bonchev–Trinajstić information content (AvgIpc) is 1.61. The molecule has 546 valence electrons. The van der Waals surface area contributed by atoms with E-state index in [1.165, 1.54) is 66.0 Å². The van der Waals surface area contributed by atoms with Gasteiger partial charge in [0.25, 0.3) is 0 Å². The van der Waals surface area contributed by atoms with E-state index in [2.05, 4.69) is 147 Å². The number of ketones is 3. The van der Waals surface area contributed by atoms with Crippen molar-refractivity contribution in [1.82, 2.24) is 9.97 Å². The molecule has 7 heteroatoms. The Hall–Kier alpha value is -12.6. The maximum absolute atomic E-state index is 11.6. The van der Waals surface area contributed by atoms with Crippen molar-refractivity contribution in [1.29, 1.82) is 0 Å². The van der Waals surface area contributed by atoms with Crippen LogP contribution in [0.15, 0.2) is 346 Å². The molecule has 1 N–H and O–H groups in total. The second-order valence-corrected chi connectivity index (χ2v) is 26.8. The highest BCUT2D eigenvalue weighted by molar-refractivity contribution is 6.14. The van der Waals surface area contributed by atoms with Crippen LogP contribution in [0.2, 0.25) is 0 Å². The molecule has 11 aromatic carbocycles. The number of fused-ring (bicyclic) bond motifs is 3. The average molecular weight is 1430 g/mol. The lowest BCUT2D eigenvalue weighted by molar-refractivity contribution is -0.111. The number of hydrogen-bond donors (Lipinski definition) is 1. The van der Waals surface area contributed by atoms with E-state index < -0.39 is 0 Å². The molecule has 0 saturated heterocycles. The van der Waals surface area contributed by atoms with Crippen molar-refractivity contribution in [3.05, 3.63) is 379 Å². The maximum atomic E-state index is 11.6. The fourth-order valence-electron chi connectivity index (χ4n) is 12.3. The summed E-state index contributed by atoms with van der Waals surface area (Å²) in [4.78, 5) is 43.3. The van der Waals surface area contributed by atoms with Gasteiger partial charge in [0, 0.05) is 33.6 Å². The summed E-state index contributed by atoms with van der Waals surface area (Å²) in [7, 11) is 0. The van der Waals surface area contributed by atoms with Gasteiger partial charge in [0.1, 0.15) is 11.5 Å². The van der Waals surface area contributed by atoms with E-state index in [-0.39, 0.29) is 17.3 Å². The molecule has 0 aliphatic carbocycles. The number of H-pyrrole nitrogens is 1. The van der Waals surface area contributed by atoms with Gasteiger partial charge >= 0.3 is 0 Å². The van der Waals surface area contributed by atoms with Crippen molar-refractivity contribution in [3.8, 4) is 56.1 Å². The van der Waals surface area contributed by atoms with Gasteiger partial charge in [-0.25, -0.2) is 0 Å². The van der Waals surface area contributed by atoms with E-state index >= 15 is 0 Å². The molecular weight excluding hydrogens is 1330 g/mol. The van der Waals surface area contributed by atoms with Crippen LogP contribution in [-0.2, 0) is 14.4 Å². The molecule has 7 nitrogen and oxygen atoms in total. The van der Waals surface area contributed by atoms with E-state index in [4.69, 9.17) is 9.47 Å². The van der Waals surface area contributed by atoms with E-state index in [1.807, 2.05) is 237 Å². The highest BCUT2D eigenvalue weighted by atomic mass is 16.5. The number of carbonyl (C=O) groups is 3. The van der Waals surface area contributed by atoms with Gasteiger partial charge in [-0.3, -0.25) is 19.4 Å². The Labute approximate surface area is 645 Å². The van der Waals surface area contributed by atoms with Gasteiger partial charge in [-0.15, -0.1) is 0 Å². The molecule has 0 radical (unpaired) electrons. The molecule has 0 saturated carbocycles. The van der Waals surface area contributed by atoms with E-state index in [9.17, 15) is 14.4 Å². The Kier molecular flexibility index (Phi) is 31.7. The zero-order valence-corrected chi connectivity index (χ0v) is 63.1. The molecule has 2 aromatic heterocycles. The molecule has 2 unspecified atom stereocenters. The van der Waals surface area contributed by atoms with Crippen molar-refractivity contribution >= 4 is 75.6 Å². The number of unbranched alkanes of at least 4 members (excludes halogenated alkanes) is 2. The predicted molar refractivity (Wildman–Crippen MR) is 461 cm³/mol. The van der Waals surface area contributed by atoms with Crippen LogP contribution < -0.4 is 9.47 Å². The predicted octanol–water partition coefficient (Wildman–Crippen LogP) is 26.5. The van der Waals surface area contributed by atoms with E-state index in [0.717, 1.165) is 110 Å². The summed E-state index contributed by atoms with van der Waals surface area (Å²) in [6.07, 6.45) is 32.0. The number of nitrogens with zero attached hydrogens (tertiary/aromatic N) is 1. The van der Waals surface area contributed by atoms with Gasteiger partial charge in [-0.05, 0) is 189 Å². The number of nitrogens with one attached hydrogen (secondary N) is 1. The van der Waals surface area contributed by atoms with Crippen LogP contribution in [-0.4, -0.2) is 40.5 Å². The summed E-state index contributed by atoms with van der Waals surface area (Å²) < 4.78 is 12.5. The van der Waals surface area contributed by atoms with E-state index in [1.54, 1.807) is 36.5 Å². The van der Waals surface area contributed by atoms with Crippen LogP contribution in [0.4, 0.5) is 0 Å². The molecule has 0 aliphatic rings. The van der Waals surface area contributed by atoms with Gasteiger partial charge in [-0.1, -0.05) is 339 Å². The highest BCUT2D eigenvalue weighted by Crippen LogP contribution is 2.40. The quantitative estimate of drug-likeness (QED) is 0.0451. The number of pyridine rings is 1. The molecule has 0 aliphatic heterocycles. The first-order valence-corrected chi connectivity index (χ1v) is 38.2. The molecule has 2 atom stereocenters. The Morgan fingerprint density at radius 1 is 0.339 bits per heavy atom. The van der Waals surface area contributed by atoms with Crippen molar-refractivity contribution in [2.75, 3.05) is 13.2 Å². The summed E-state index contributed by atoms with van der Waals surface area (Å²) in [6.45, 7) is 10.6. The van der Waals surface area contributed by atoms with Gasteiger partial charge < -0.3 is 14.5 Å². The SMILES string of the molecule is CCCCC(CC)COc1ccc(-c2ccc3[nH]c4c(-c5cccc(-c6ccccn6)c5)cc(-c5ccc(OCC(CC)CCCC)cc5)cc4c3c2)cc1.O=C(C=Cc1ccccc1)C=Cc1ccccc1.O=C(C=Cc1ccccc1)C=Cc1ccccc1.O=C(C=Cc1ccccc1)C=Cc1ccccc1. The summed E-state index contributed by atoms with van der Waals surface area (Å²) in [5.74, 6) is 3.04. The Morgan fingerprint density at radius 2 is 0.697 bits per heavy atom. The smallest absolute Gasteiger partial charge is 0.178 e. The molecular formula is C102H98N2O5. The van der Waals surface area contributed by atoms with Crippen LogP contribution in [0.25, 0.3) is 103 Å². The molecule has 13 rings (SSSR count). The van der Waals surface area contributed by atoms with Crippen LogP contribution in [0.1, 0.15) is 112 Å². The number of benzene rings is 11. The zero-order valence-electron chi connectivity index (χ0n) is 63.1. The molecule has 0 amide bonds. The Balaban J connectivity index is 0.000000188. The first kappa shape index (κ1) is 79.0. The third-order valence-electron chi connectivity index (χ3n) is 18.7. The van der Waals surface area contributed by atoms with Crippen molar-refractivity contribution in [3.63, 3.8) is 0 Å². The molecule has 13 aromatic rings. The maximum Gasteiger partial charge on any atom is 0.178 e. The Bertz CT molecular complexity index is 4670. The standard InChI is InChI=1S/C51H56N2O2.3C17H14O/c1-5-9-14-36(7-3)34-54-44-24-19-38(20-25-44)40-23-28-50-47(31-40)48-33-43(39-21-26-45(27-22-39)55-35-37(8-4)15-10-6-2)32-46(51(48)53-50)41-16-13-17-42(30-41)49-18-11-12-29-52-49;3*18-17(13-11-15-7-3-1-4-8-15)14-12-16-9-5-2-6-10-16/h11-13,16-33,36-37,53H,5-10,14-15,34-35H2,1-4H3;3*1-14H. The number of aromatic amines is 1. The summed E-state index contributed by atoms with van der Waals surface area (Å²) in [5, 5.41) is 2.41. The minimum absolute atomic E-state index is 0.0114. The van der Waals surface area contributed by atoms with E-state index in [0.29, 0.717) is 11.8 Å². The van der Waals surface area contributed by atoms with Crippen LogP contribution >= 0.6 is 0 Å². The van der Waals surface area contributed by atoms with Crippen molar-refractivity contribution in [2.45, 2.75) is 79.1 Å². The Morgan fingerprint density at radius 3 is 1.06 bits per heavy atom. The topological polar surface area (TPSA) is 98.3 Å². The fraction of sp³-hybridized carbons (Fsp3) is 0.157. The second-order valence-electron chi connectivity index (χ2n) is 26.8. The molecule has 0 spiro atoms. The van der Waals surface area contributed by atoms with Crippen LogP contribution in [0.3, 0.4) is 0 Å². The van der Waals surface area contributed by atoms with Crippen molar-refractivity contribution in [2.24, 2.45) is 11.8 Å². The number of carbonyl (C=O) groups excluding carboxylic acids is 3. The normalized spacial score (nSPS) is 11.9. The van der Waals surface area contributed by atoms with Crippen LogP contribution in [0.5, 0.6) is 11.5 Å². The van der Waals surface area contributed by atoms with Crippen LogP contribution in [0, 0.1) is 11.8 Å². The monoisotopic (exact) mass is 1430 g/mol. The number of rotatable bonds is 30. The third-order valence-corrected chi connectivity index (χ3v) is 18.7. The van der Waals surface area contributed by atoms with Gasteiger partial charge in [0.15, 0.2) is 17.3 Å². The number of aromatic nitrogens is 2. The minimum atomic E-state index is -0.0114. The molecule has 109 heavy (non-hydrogen) atoms. The van der Waals surface area contributed by atoms with Gasteiger partial charge in [-0.2, -0.15) is 0 Å². The fourth-order valence-corrected chi connectivity index (χ4v) is 12.3. The highest BCUT2D eigenvalue weighted by Gasteiger charge is 2.17. The molecule has 0 fully saturated rings. The number of ether oxygens (including phenoxy) is 2.